The van der Waals surface area contributed by atoms with E-state index in [2.05, 4.69) is 5.32 Å². The standard InChI is InChI=1S/C18H16F4N2O3/c19-13-7-5-12(6-8-13)10-27-15-4-2-1-3-14(15)17(26)23-9-16(25)24-11-18(20,21)22/h1-8H,9-11H2,(H,23,26)(H,24,25). The molecule has 0 atom stereocenters. The van der Waals surface area contributed by atoms with Crippen molar-refractivity contribution in [1.29, 1.82) is 0 Å². The molecule has 0 unspecified atom stereocenters. The number of carbonyl (C=O) groups is 2. The molecular formula is C18H16F4N2O3. The normalized spacial score (nSPS) is 11.0. The molecule has 0 aromatic heterocycles. The van der Waals surface area contributed by atoms with Gasteiger partial charge in [-0.15, -0.1) is 0 Å². The molecule has 144 valence electrons. The first kappa shape index (κ1) is 20.2. The molecular weight excluding hydrogens is 368 g/mol. The Morgan fingerprint density at radius 1 is 0.963 bits per heavy atom. The number of rotatable bonds is 7. The zero-order chi connectivity index (χ0) is 19.9. The van der Waals surface area contributed by atoms with Crippen LogP contribution in [0.25, 0.3) is 0 Å². The van der Waals surface area contributed by atoms with Gasteiger partial charge in [-0.1, -0.05) is 24.3 Å². The van der Waals surface area contributed by atoms with E-state index in [4.69, 9.17) is 4.74 Å². The molecule has 0 aliphatic carbocycles. The highest BCUT2D eigenvalue weighted by molar-refractivity contribution is 5.98. The lowest BCUT2D eigenvalue weighted by molar-refractivity contribution is -0.137. The SMILES string of the molecule is O=C(CNC(=O)c1ccccc1OCc1ccc(F)cc1)NCC(F)(F)F. The average Bonchev–Trinajstić information content (AvgIpc) is 2.63. The van der Waals surface area contributed by atoms with Crippen molar-refractivity contribution in [3.05, 3.63) is 65.5 Å². The first-order valence-electron chi connectivity index (χ1n) is 7.82. The van der Waals surface area contributed by atoms with Gasteiger partial charge in [-0.3, -0.25) is 9.59 Å². The predicted octanol–water partition coefficient (Wildman–Crippen LogP) is 2.81. The van der Waals surface area contributed by atoms with Crippen LogP contribution in [-0.4, -0.2) is 31.1 Å². The van der Waals surface area contributed by atoms with E-state index in [1.807, 2.05) is 0 Å². The zero-order valence-corrected chi connectivity index (χ0v) is 14.0. The van der Waals surface area contributed by atoms with E-state index >= 15 is 0 Å². The second-order valence-corrected chi connectivity index (χ2v) is 5.49. The fourth-order valence-electron chi connectivity index (χ4n) is 2.04. The molecule has 0 bridgehead atoms. The Balaban J connectivity index is 1.92. The number of para-hydroxylation sites is 1. The maximum atomic E-state index is 12.9. The average molecular weight is 384 g/mol. The van der Waals surface area contributed by atoms with Crippen LogP contribution < -0.4 is 15.4 Å². The van der Waals surface area contributed by atoms with Crippen molar-refractivity contribution in [3.63, 3.8) is 0 Å². The quantitative estimate of drug-likeness (QED) is 0.722. The minimum Gasteiger partial charge on any atom is -0.488 e. The summed E-state index contributed by atoms with van der Waals surface area (Å²) < 4.78 is 54.6. The van der Waals surface area contributed by atoms with Gasteiger partial charge in [0.15, 0.2) is 0 Å². The molecule has 2 aromatic carbocycles. The van der Waals surface area contributed by atoms with Gasteiger partial charge in [0.05, 0.1) is 12.1 Å². The first-order chi connectivity index (χ1) is 12.7. The molecule has 0 aliphatic heterocycles. The van der Waals surface area contributed by atoms with E-state index in [9.17, 15) is 27.2 Å². The van der Waals surface area contributed by atoms with Crippen molar-refractivity contribution >= 4 is 11.8 Å². The Bertz CT molecular complexity index is 792. The van der Waals surface area contributed by atoms with Crippen LogP contribution in [0.4, 0.5) is 17.6 Å². The summed E-state index contributed by atoms with van der Waals surface area (Å²) in [6, 6.07) is 11.8. The highest BCUT2D eigenvalue weighted by Gasteiger charge is 2.27. The van der Waals surface area contributed by atoms with E-state index in [0.29, 0.717) is 5.56 Å². The largest absolute Gasteiger partial charge is 0.488 e. The van der Waals surface area contributed by atoms with Gasteiger partial charge < -0.3 is 15.4 Å². The van der Waals surface area contributed by atoms with Gasteiger partial charge in [0, 0.05) is 0 Å². The summed E-state index contributed by atoms with van der Waals surface area (Å²) in [7, 11) is 0. The topological polar surface area (TPSA) is 67.4 Å². The minimum atomic E-state index is -4.53. The Hall–Kier alpha value is -3.10. The highest BCUT2D eigenvalue weighted by Crippen LogP contribution is 2.19. The summed E-state index contributed by atoms with van der Waals surface area (Å²) in [6.45, 7) is -2.00. The number of ether oxygens (including phenoxy) is 1. The van der Waals surface area contributed by atoms with Crippen LogP contribution in [-0.2, 0) is 11.4 Å². The molecule has 0 spiro atoms. The van der Waals surface area contributed by atoms with Crippen LogP contribution >= 0.6 is 0 Å². The minimum absolute atomic E-state index is 0.0800. The molecule has 2 N–H and O–H groups in total. The van der Waals surface area contributed by atoms with E-state index in [-0.39, 0.29) is 23.7 Å². The number of halogens is 4. The van der Waals surface area contributed by atoms with Gasteiger partial charge in [0.2, 0.25) is 5.91 Å². The first-order valence-corrected chi connectivity index (χ1v) is 7.82. The Kier molecular flexibility index (Phi) is 6.75. The van der Waals surface area contributed by atoms with Crippen molar-refractivity contribution in [1.82, 2.24) is 10.6 Å². The van der Waals surface area contributed by atoms with E-state index in [1.54, 1.807) is 17.4 Å². The van der Waals surface area contributed by atoms with Crippen LogP contribution in [0.2, 0.25) is 0 Å². The predicted molar refractivity (Wildman–Crippen MR) is 88.6 cm³/mol. The number of hydrogen-bond acceptors (Lipinski definition) is 3. The van der Waals surface area contributed by atoms with E-state index in [1.165, 1.54) is 36.4 Å². The molecule has 2 amide bonds. The van der Waals surface area contributed by atoms with Gasteiger partial charge in [-0.2, -0.15) is 13.2 Å². The second kappa shape index (κ2) is 9.02. The Morgan fingerprint density at radius 3 is 2.30 bits per heavy atom. The second-order valence-electron chi connectivity index (χ2n) is 5.49. The molecule has 2 rings (SSSR count). The maximum absolute atomic E-state index is 12.9. The summed E-state index contributed by atoms with van der Waals surface area (Å²) in [5.74, 6) is -1.81. The summed E-state index contributed by atoms with van der Waals surface area (Å²) in [4.78, 5) is 23.5. The zero-order valence-electron chi connectivity index (χ0n) is 14.0. The molecule has 5 nitrogen and oxygen atoms in total. The monoisotopic (exact) mass is 384 g/mol. The number of nitrogens with one attached hydrogen (secondary N) is 2. The number of benzene rings is 2. The lowest BCUT2D eigenvalue weighted by Crippen LogP contribution is -2.40. The van der Waals surface area contributed by atoms with Gasteiger partial charge in [0.25, 0.3) is 5.91 Å². The van der Waals surface area contributed by atoms with Gasteiger partial charge in [-0.25, -0.2) is 4.39 Å². The van der Waals surface area contributed by atoms with Gasteiger partial charge >= 0.3 is 6.18 Å². The number of carbonyl (C=O) groups excluding carboxylic acids is 2. The molecule has 0 radical (unpaired) electrons. The third kappa shape index (κ3) is 6.96. The summed E-state index contributed by atoms with van der Waals surface area (Å²) in [5, 5.41) is 3.89. The van der Waals surface area contributed by atoms with Crippen molar-refractivity contribution in [3.8, 4) is 5.75 Å². The molecule has 0 fully saturated rings. The molecule has 0 saturated heterocycles. The molecule has 27 heavy (non-hydrogen) atoms. The Labute approximate surface area is 152 Å². The van der Waals surface area contributed by atoms with Crippen molar-refractivity contribution < 1.29 is 31.9 Å². The molecule has 2 aromatic rings. The van der Waals surface area contributed by atoms with Crippen LogP contribution in [0.15, 0.2) is 48.5 Å². The lowest BCUT2D eigenvalue weighted by Gasteiger charge is -2.12. The van der Waals surface area contributed by atoms with Gasteiger partial charge in [0.1, 0.15) is 24.7 Å². The van der Waals surface area contributed by atoms with Crippen molar-refractivity contribution in [2.75, 3.05) is 13.1 Å². The summed E-state index contributed by atoms with van der Waals surface area (Å²) in [5.41, 5.74) is 0.793. The fourth-order valence-corrected chi connectivity index (χ4v) is 2.04. The maximum Gasteiger partial charge on any atom is 0.405 e. The van der Waals surface area contributed by atoms with Crippen molar-refractivity contribution in [2.24, 2.45) is 0 Å². The van der Waals surface area contributed by atoms with E-state index in [0.717, 1.165) is 0 Å². The van der Waals surface area contributed by atoms with Crippen LogP contribution in [0.3, 0.4) is 0 Å². The Morgan fingerprint density at radius 2 is 1.63 bits per heavy atom. The summed E-state index contributed by atoms with van der Waals surface area (Å²) in [6.07, 6.45) is -4.53. The molecule has 0 aliphatic rings. The number of alkyl halides is 3. The van der Waals surface area contributed by atoms with Crippen LogP contribution in [0, 0.1) is 5.82 Å². The molecule has 9 heteroatoms. The summed E-state index contributed by atoms with van der Waals surface area (Å²) >= 11 is 0. The van der Waals surface area contributed by atoms with E-state index < -0.39 is 31.1 Å². The lowest BCUT2D eigenvalue weighted by atomic mass is 10.2. The fraction of sp³-hybridized carbons (Fsp3) is 0.222. The molecule has 0 heterocycles. The third-order valence-electron chi connectivity index (χ3n) is 3.33. The number of amides is 2. The van der Waals surface area contributed by atoms with Gasteiger partial charge in [-0.05, 0) is 29.8 Å². The van der Waals surface area contributed by atoms with Crippen molar-refractivity contribution in [2.45, 2.75) is 12.8 Å². The molecule has 0 saturated carbocycles. The van der Waals surface area contributed by atoms with Crippen LogP contribution in [0.1, 0.15) is 15.9 Å². The highest BCUT2D eigenvalue weighted by atomic mass is 19.4. The third-order valence-corrected chi connectivity index (χ3v) is 3.33. The number of hydrogen-bond donors (Lipinski definition) is 2. The smallest absolute Gasteiger partial charge is 0.405 e. The van der Waals surface area contributed by atoms with Crippen LogP contribution in [0.5, 0.6) is 5.75 Å².